The highest BCUT2D eigenvalue weighted by Crippen LogP contribution is 2.20. The van der Waals surface area contributed by atoms with Crippen molar-refractivity contribution in [2.45, 2.75) is 6.42 Å². The van der Waals surface area contributed by atoms with E-state index in [0.29, 0.717) is 23.3 Å². The second kappa shape index (κ2) is 6.85. The van der Waals surface area contributed by atoms with Gasteiger partial charge in [-0.25, -0.2) is 4.98 Å². The molecule has 2 heterocycles. The van der Waals surface area contributed by atoms with Crippen LogP contribution in [0.15, 0.2) is 15.6 Å². The van der Waals surface area contributed by atoms with Crippen molar-refractivity contribution in [3.8, 4) is 0 Å². The minimum Gasteiger partial charge on any atom is -0.469 e. The van der Waals surface area contributed by atoms with Crippen LogP contribution in [0.25, 0.3) is 0 Å². The molecule has 1 aromatic rings. The number of anilines is 1. The van der Waals surface area contributed by atoms with E-state index < -0.39 is 0 Å². The molecular formula is C12H17BrN4O3. The molecule has 110 valence electrons. The number of methoxy groups -OCH3 is 1. The van der Waals surface area contributed by atoms with Gasteiger partial charge in [0.2, 0.25) is 0 Å². The summed E-state index contributed by atoms with van der Waals surface area (Å²) >= 11 is 3.27. The fraction of sp³-hybridized carbons (Fsp3) is 0.583. The van der Waals surface area contributed by atoms with E-state index in [1.165, 1.54) is 13.4 Å². The highest BCUT2D eigenvalue weighted by atomic mass is 79.9. The predicted molar refractivity (Wildman–Crippen MR) is 77.8 cm³/mol. The van der Waals surface area contributed by atoms with Crippen LogP contribution >= 0.6 is 15.9 Å². The standard InChI is InChI=1S/C12H17BrN4O3/c1-20-9(18)2-3-16-4-6-17(7-5-16)11-10(13)12(19)15-8-14-11/h8H,2-7H2,1H3,(H,14,15,19). The van der Waals surface area contributed by atoms with Crippen molar-refractivity contribution in [2.24, 2.45) is 0 Å². The Kier molecular flexibility index (Phi) is 5.13. The molecule has 0 saturated carbocycles. The van der Waals surface area contributed by atoms with Crippen LogP contribution in [0.3, 0.4) is 0 Å². The van der Waals surface area contributed by atoms with Crippen molar-refractivity contribution >= 4 is 27.7 Å². The number of hydrogen-bond acceptors (Lipinski definition) is 6. The molecule has 1 aliphatic rings. The largest absolute Gasteiger partial charge is 0.469 e. The van der Waals surface area contributed by atoms with E-state index in [0.717, 1.165) is 26.2 Å². The number of nitrogens with zero attached hydrogens (tertiary/aromatic N) is 3. The normalized spacial score (nSPS) is 16.2. The van der Waals surface area contributed by atoms with Gasteiger partial charge in [0.15, 0.2) is 0 Å². The lowest BCUT2D eigenvalue weighted by Gasteiger charge is -2.35. The summed E-state index contributed by atoms with van der Waals surface area (Å²) in [7, 11) is 1.40. The summed E-state index contributed by atoms with van der Waals surface area (Å²) in [6, 6.07) is 0. The zero-order valence-electron chi connectivity index (χ0n) is 11.3. The van der Waals surface area contributed by atoms with Gasteiger partial charge in [-0.3, -0.25) is 14.5 Å². The Hall–Kier alpha value is -1.41. The third kappa shape index (κ3) is 3.57. The lowest BCUT2D eigenvalue weighted by atomic mass is 10.3. The highest BCUT2D eigenvalue weighted by molar-refractivity contribution is 9.10. The summed E-state index contributed by atoms with van der Waals surface area (Å²) in [5, 5.41) is 0. The molecule has 1 saturated heterocycles. The number of hydrogen-bond donors (Lipinski definition) is 1. The molecule has 1 aliphatic heterocycles. The van der Waals surface area contributed by atoms with Crippen LogP contribution < -0.4 is 10.5 Å². The molecule has 20 heavy (non-hydrogen) atoms. The van der Waals surface area contributed by atoms with Crippen molar-refractivity contribution < 1.29 is 9.53 Å². The topological polar surface area (TPSA) is 78.5 Å². The monoisotopic (exact) mass is 344 g/mol. The third-order valence-electron chi connectivity index (χ3n) is 3.31. The molecule has 0 spiro atoms. The van der Waals surface area contributed by atoms with Crippen molar-refractivity contribution in [3.63, 3.8) is 0 Å². The molecule has 8 heteroatoms. The van der Waals surface area contributed by atoms with Gasteiger partial charge in [-0.2, -0.15) is 0 Å². The second-order valence-corrected chi connectivity index (χ2v) is 5.32. The van der Waals surface area contributed by atoms with Crippen LogP contribution in [0, 0.1) is 0 Å². The Morgan fingerprint density at radius 1 is 1.45 bits per heavy atom. The number of aromatic nitrogens is 2. The molecule has 1 fully saturated rings. The number of carbonyl (C=O) groups is 1. The maximum absolute atomic E-state index is 11.5. The van der Waals surface area contributed by atoms with E-state index in [9.17, 15) is 9.59 Å². The van der Waals surface area contributed by atoms with Gasteiger partial charge >= 0.3 is 5.97 Å². The number of nitrogens with one attached hydrogen (secondary N) is 1. The average molecular weight is 345 g/mol. The Bertz CT molecular complexity index is 526. The molecule has 0 atom stereocenters. The quantitative estimate of drug-likeness (QED) is 0.787. The van der Waals surface area contributed by atoms with E-state index in [1.54, 1.807) is 0 Å². The van der Waals surface area contributed by atoms with Gasteiger partial charge in [-0.15, -0.1) is 0 Å². The van der Waals surface area contributed by atoms with Crippen LogP contribution in [-0.2, 0) is 9.53 Å². The molecule has 7 nitrogen and oxygen atoms in total. The lowest BCUT2D eigenvalue weighted by Crippen LogP contribution is -2.47. The second-order valence-electron chi connectivity index (χ2n) is 4.52. The Labute approximate surface area is 125 Å². The van der Waals surface area contributed by atoms with E-state index in [2.05, 4.69) is 40.4 Å². The Morgan fingerprint density at radius 3 is 2.80 bits per heavy atom. The molecule has 0 unspecified atom stereocenters. The molecule has 0 aliphatic carbocycles. The summed E-state index contributed by atoms with van der Waals surface area (Å²) in [5.74, 6) is 0.479. The minimum absolute atomic E-state index is 0.178. The number of halogens is 1. The fourth-order valence-electron chi connectivity index (χ4n) is 2.13. The molecular weight excluding hydrogens is 328 g/mol. The zero-order chi connectivity index (χ0) is 14.5. The molecule has 0 aromatic carbocycles. The Balaban J connectivity index is 1.89. The van der Waals surface area contributed by atoms with Gasteiger partial charge in [0.05, 0.1) is 19.9 Å². The van der Waals surface area contributed by atoms with E-state index >= 15 is 0 Å². The molecule has 0 radical (unpaired) electrons. The van der Waals surface area contributed by atoms with Crippen molar-refractivity contribution in [1.82, 2.24) is 14.9 Å². The molecule has 1 aromatic heterocycles. The third-order valence-corrected chi connectivity index (χ3v) is 4.02. The molecule has 0 bridgehead atoms. The first kappa shape index (κ1) is 15.0. The predicted octanol–water partition coefficient (Wildman–Crippen LogP) is 0.217. The zero-order valence-corrected chi connectivity index (χ0v) is 12.9. The molecule has 1 N–H and O–H groups in total. The lowest BCUT2D eigenvalue weighted by molar-refractivity contribution is -0.141. The summed E-state index contributed by atoms with van der Waals surface area (Å²) in [6.45, 7) is 3.91. The van der Waals surface area contributed by atoms with Gasteiger partial charge < -0.3 is 14.6 Å². The van der Waals surface area contributed by atoms with Crippen molar-refractivity contribution in [1.29, 1.82) is 0 Å². The van der Waals surface area contributed by atoms with Gasteiger partial charge in [0.25, 0.3) is 5.56 Å². The minimum atomic E-state index is -0.188. The number of piperazine rings is 1. The van der Waals surface area contributed by atoms with Gasteiger partial charge in [-0.05, 0) is 15.9 Å². The van der Waals surface area contributed by atoms with Gasteiger partial charge in [0, 0.05) is 32.7 Å². The summed E-state index contributed by atoms with van der Waals surface area (Å²) in [4.78, 5) is 33.6. The summed E-state index contributed by atoms with van der Waals surface area (Å²) in [5.41, 5.74) is -0.178. The SMILES string of the molecule is COC(=O)CCN1CCN(c2nc[nH]c(=O)c2Br)CC1. The number of esters is 1. The maximum atomic E-state index is 11.5. The first-order valence-corrected chi connectivity index (χ1v) is 7.18. The smallest absolute Gasteiger partial charge is 0.306 e. The van der Waals surface area contributed by atoms with Crippen LogP contribution in [0.1, 0.15) is 6.42 Å². The van der Waals surface area contributed by atoms with Crippen LogP contribution in [-0.4, -0.2) is 60.7 Å². The molecule has 2 rings (SSSR count). The number of rotatable bonds is 4. The number of carbonyl (C=O) groups excluding carboxylic acids is 1. The molecule has 0 amide bonds. The van der Waals surface area contributed by atoms with E-state index in [-0.39, 0.29) is 11.5 Å². The van der Waals surface area contributed by atoms with Gasteiger partial charge in [-0.1, -0.05) is 0 Å². The average Bonchev–Trinajstić information content (AvgIpc) is 2.48. The maximum Gasteiger partial charge on any atom is 0.306 e. The fourth-order valence-corrected chi connectivity index (χ4v) is 2.60. The summed E-state index contributed by atoms with van der Waals surface area (Å²) in [6.07, 6.45) is 1.81. The van der Waals surface area contributed by atoms with Crippen LogP contribution in [0.4, 0.5) is 5.82 Å². The number of aromatic amines is 1. The summed E-state index contributed by atoms with van der Waals surface area (Å²) < 4.78 is 5.09. The van der Waals surface area contributed by atoms with Crippen molar-refractivity contribution in [2.75, 3.05) is 44.7 Å². The number of ether oxygens (including phenoxy) is 1. The van der Waals surface area contributed by atoms with Gasteiger partial charge in [0.1, 0.15) is 10.3 Å². The Morgan fingerprint density at radius 2 is 2.15 bits per heavy atom. The van der Waals surface area contributed by atoms with E-state index in [4.69, 9.17) is 0 Å². The first-order valence-electron chi connectivity index (χ1n) is 6.39. The number of H-pyrrole nitrogens is 1. The van der Waals surface area contributed by atoms with Crippen LogP contribution in [0.5, 0.6) is 0 Å². The van der Waals surface area contributed by atoms with Crippen LogP contribution in [0.2, 0.25) is 0 Å². The van der Waals surface area contributed by atoms with E-state index in [1.807, 2.05) is 0 Å². The van der Waals surface area contributed by atoms with Crippen molar-refractivity contribution in [3.05, 3.63) is 21.2 Å². The first-order chi connectivity index (χ1) is 9.61. The highest BCUT2D eigenvalue weighted by Gasteiger charge is 2.21.